The third-order valence-electron chi connectivity index (χ3n) is 4.83. The van der Waals surface area contributed by atoms with Crippen molar-refractivity contribution < 1.29 is 23.5 Å². The van der Waals surface area contributed by atoms with E-state index in [9.17, 15) is 9.59 Å². The maximum Gasteiger partial charge on any atom is 0.341 e. The van der Waals surface area contributed by atoms with Crippen molar-refractivity contribution in [3.8, 4) is 5.75 Å². The summed E-state index contributed by atoms with van der Waals surface area (Å²) in [7, 11) is 1.55. The smallest absolute Gasteiger partial charge is 0.341 e. The summed E-state index contributed by atoms with van der Waals surface area (Å²) in [6, 6.07) is 7.14. The molecule has 1 aliphatic carbocycles. The number of aryl methyl sites for hydroxylation is 1. The van der Waals surface area contributed by atoms with Crippen LogP contribution in [-0.4, -0.2) is 25.6 Å². The van der Waals surface area contributed by atoms with E-state index in [0.29, 0.717) is 28.5 Å². The Labute approximate surface area is 166 Å². The number of carbonyl (C=O) groups is 2. The molecular weight excluding hydrogens is 378 g/mol. The summed E-state index contributed by atoms with van der Waals surface area (Å²) in [4.78, 5) is 26.5. The number of fused-ring (bicyclic) bond motifs is 2. The lowest BCUT2D eigenvalue weighted by molar-refractivity contribution is 0.0526. The fraction of sp³-hybridized carbons (Fsp3) is 0.333. The van der Waals surface area contributed by atoms with E-state index in [2.05, 4.69) is 5.32 Å². The van der Waals surface area contributed by atoms with Crippen molar-refractivity contribution in [2.45, 2.75) is 32.6 Å². The van der Waals surface area contributed by atoms with Crippen LogP contribution >= 0.6 is 11.3 Å². The Bertz CT molecular complexity index is 1050. The topological polar surface area (TPSA) is 77.8 Å². The molecule has 7 heteroatoms. The molecule has 1 amide bonds. The van der Waals surface area contributed by atoms with Crippen LogP contribution in [0.15, 0.2) is 28.7 Å². The lowest BCUT2D eigenvalue weighted by Crippen LogP contribution is -2.15. The number of amides is 1. The Morgan fingerprint density at radius 1 is 1.25 bits per heavy atom. The molecule has 0 fully saturated rings. The second-order valence-corrected chi connectivity index (χ2v) is 7.68. The molecule has 0 saturated carbocycles. The van der Waals surface area contributed by atoms with Gasteiger partial charge >= 0.3 is 5.97 Å². The van der Waals surface area contributed by atoms with Crippen LogP contribution in [0.5, 0.6) is 5.75 Å². The number of methoxy groups -OCH3 is 1. The maximum absolute atomic E-state index is 12.8. The molecule has 0 atom stereocenters. The van der Waals surface area contributed by atoms with E-state index in [4.69, 9.17) is 13.9 Å². The highest BCUT2D eigenvalue weighted by Gasteiger charge is 2.28. The van der Waals surface area contributed by atoms with Crippen LogP contribution in [0.4, 0.5) is 5.00 Å². The summed E-state index contributed by atoms with van der Waals surface area (Å²) in [6.45, 7) is 2.07. The number of carbonyl (C=O) groups excluding carboxylic acids is 2. The molecule has 1 N–H and O–H groups in total. The third-order valence-corrected chi connectivity index (χ3v) is 6.04. The lowest BCUT2D eigenvalue weighted by Gasteiger charge is -2.12. The van der Waals surface area contributed by atoms with E-state index in [-0.39, 0.29) is 11.7 Å². The van der Waals surface area contributed by atoms with Gasteiger partial charge in [0.25, 0.3) is 5.91 Å². The molecule has 0 saturated heterocycles. The zero-order valence-corrected chi connectivity index (χ0v) is 16.6. The Morgan fingerprint density at radius 2 is 2.07 bits per heavy atom. The predicted molar refractivity (Wildman–Crippen MR) is 108 cm³/mol. The number of hydrogen-bond acceptors (Lipinski definition) is 6. The number of rotatable bonds is 5. The average molecular weight is 399 g/mol. The first-order chi connectivity index (χ1) is 13.6. The van der Waals surface area contributed by atoms with Crippen LogP contribution < -0.4 is 10.1 Å². The van der Waals surface area contributed by atoms with Gasteiger partial charge in [-0.05, 0) is 50.3 Å². The van der Waals surface area contributed by atoms with Crippen molar-refractivity contribution in [2.24, 2.45) is 0 Å². The molecule has 0 unspecified atom stereocenters. The summed E-state index contributed by atoms with van der Waals surface area (Å²) in [6.07, 6.45) is 3.88. The zero-order valence-electron chi connectivity index (χ0n) is 15.8. The van der Waals surface area contributed by atoms with Crippen molar-refractivity contribution in [3.63, 3.8) is 0 Å². The van der Waals surface area contributed by atoms with E-state index in [1.807, 2.05) is 12.1 Å². The predicted octanol–water partition coefficient (Wildman–Crippen LogP) is 4.81. The lowest BCUT2D eigenvalue weighted by atomic mass is 9.95. The highest BCUT2D eigenvalue weighted by molar-refractivity contribution is 7.17. The highest BCUT2D eigenvalue weighted by Crippen LogP contribution is 2.39. The van der Waals surface area contributed by atoms with Crippen molar-refractivity contribution in [3.05, 3.63) is 46.0 Å². The van der Waals surface area contributed by atoms with Gasteiger partial charge in [-0.15, -0.1) is 11.3 Å². The standard InChI is InChI=1S/C21H21NO5S/c1-3-26-21(24)17-13-8-4-5-10-16(13)28-20(17)22-19(23)15-11-12-7-6-9-14(25-2)18(12)27-15/h6-7,9,11H,3-5,8,10H2,1-2H3,(H,22,23). The Morgan fingerprint density at radius 3 is 2.86 bits per heavy atom. The molecule has 1 aliphatic rings. The quantitative estimate of drug-likeness (QED) is 0.623. The molecular formula is C21H21NO5S. The first-order valence-corrected chi connectivity index (χ1v) is 10.1. The van der Waals surface area contributed by atoms with Gasteiger partial charge in [-0.2, -0.15) is 0 Å². The van der Waals surface area contributed by atoms with Crippen molar-refractivity contribution in [1.82, 2.24) is 0 Å². The number of anilines is 1. The van der Waals surface area contributed by atoms with Gasteiger partial charge < -0.3 is 19.2 Å². The van der Waals surface area contributed by atoms with Crippen LogP contribution in [0.3, 0.4) is 0 Å². The number of ether oxygens (including phenoxy) is 2. The molecule has 0 spiro atoms. The van der Waals surface area contributed by atoms with Gasteiger partial charge in [0, 0.05) is 10.3 Å². The molecule has 2 heterocycles. The number of nitrogens with one attached hydrogen (secondary N) is 1. The first kappa shape index (κ1) is 18.6. The molecule has 146 valence electrons. The Balaban J connectivity index is 1.68. The SMILES string of the molecule is CCOC(=O)c1c(NC(=O)c2cc3cccc(OC)c3o2)sc2c1CCCC2. The maximum atomic E-state index is 12.8. The average Bonchev–Trinajstić information content (AvgIpc) is 3.29. The first-order valence-electron chi connectivity index (χ1n) is 9.32. The van der Waals surface area contributed by atoms with Gasteiger partial charge in [0.15, 0.2) is 17.1 Å². The molecule has 2 aromatic heterocycles. The van der Waals surface area contributed by atoms with Crippen LogP contribution in [-0.2, 0) is 17.6 Å². The van der Waals surface area contributed by atoms with E-state index in [1.165, 1.54) is 11.3 Å². The van der Waals surface area contributed by atoms with E-state index in [0.717, 1.165) is 41.5 Å². The van der Waals surface area contributed by atoms with E-state index < -0.39 is 5.91 Å². The number of esters is 1. The van der Waals surface area contributed by atoms with Gasteiger partial charge in [0.05, 0.1) is 19.3 Å². The minimum Gasteiger partial charge on any atom is -0.493 e. The van der Waals surface area contributed by atoms with Gasteiger partial charge in [-0.25, -0.2) is 4.79 Å². The molecule has 4 rings (SSSR count). The molecule has 3 aromatic rings. The number of furan rings is 1. The minimum atomic E-state index is -0.401. The van der Waals surface area contributed by atoms with Crippen LogP contribution in [0.25, 0.3) is 11.0 Å². The molecule has 6 nitrogen and oxygen atoms in total. The van der Waals surface area contributed by atoms with Gasteiger partial charge in [0.1, 0.15) is 5.00 Å². The second-order valence-electron chi connectivity index (χ2n) is 6.58. The second kappa shape index (κ2) is 7.67. The monoisotopic (exact) mass is 399 g/mol. The molecule has 0 radical (unpaired) electrons. The van der Waals surface area contributed by atoms with Gasteiger partial charge in [-0.3, -0.25) is 4.79 Å². The van der Waals surface area contributed by atoms with Crippen LogP contribution in [0.1, 0.15) is 51.1 Å². The summed E-state index contributed by atoms with van der Waals surface area (Å²) in [5.41, 5.74) is 2.02. The molecule has 1 aromatic carbocycles. The fourth-order valence-corrected chi connectivity index (χ4v) is 4.82. The van der Waals surface area contributed by atoms with Crippen LogP contribution in [0.2, 0.25) is 0 Å². The summed E-state index contributed by atoms with van der Waals surface area (Å²) < 4.78 is 16.2. The van der Waals surface area contributed by atoms with E-state index >= 15 is 0 Å². The van der Waals surface area contributed by atoms with Gasteiger partial charge in [0.2, 0.25) is 0 Å². The largest absolute Gasteiger partial charge is 0.493 e. The Hall–Kier alpha value is -2.80. The van der Waals surface area contributed by atoms with Crippen LogP contribution in [0, 0.1) is 0 Å². The summed E-state index contributed by atoms with van der Waals surface area (Å²) in [5.74, 6) is -0.0538. The Kier molecular flexibility index (Phi) is 5.09. The summed E-state index contributed by atoms with van der Waals surface area (Å²) >= 11 is 1.45. The molecule has 28 heavy (non-hydrogen) atoms. The molecule has 0 bridgehead atoms. The van der Waals surface area contributed by atoms with Crippen molar-refractivity contribution >= 4 is 39.2 Å². The molecule has 0 aliphatic heterocycles. The minimum absolute atomic E-state index is 0.167. The van der Waals surface area contributed by atoms with Crippen molar-refractivity contribution in [2.75, 3.05) is 19.0 Å². The van der Waals surface area contributed by atoms with Gasteiger partial charge in [-0.1, -0.05) is 12.1 Å². The zero-order chi connectivity index (χ0) is 19.7. The number of para-hydroxylation sites is 1. The normalized spacial score (nSPS) is 13.2. The van der Waals surface area contributed by atoms with E-state index in [1.54, 1.807) is 26.2 Å². The number of benzene rings is 1. The highest BCUT2D eigenvalue weighted by atomic mass is 32.1. The van der Waals surface area contributed by atoms with Crippen molar-refractivity contribution in [1.29, 1.82) is 0 Å². The third kappa shape index (κ3) is 3.26. The fourth-order valence-electron chi connectivity index (χ4n) is 3.55. The number of hydrogen-bond donors (Lipinski definition) is 1. The summed E-state index contributed by atoms with van der Waals surface area (Å²) in [5, 5.41) is 4.17. The number of thiophene rings is 1.